The predicted molar refractivity (Wildman–Crippen MR) is 91.8 cm³/mol. The number of anilines is 3. The summed E-state index contributed by atoms with van der Waals surface area (Å²) in [6.45, 7) is 4.42. The second-order valence-electron chi connectivity index (χ2n) is 5.88. The Hall–Kier alpha value is -2.10. The van der Waals surface area contributed by atoms with E-state index in [1.165, 1.54) is 31.2 Å². The minimum Gasteiger partial charge on any atom is -0.356 e. The lowest BCUT2D eigenvalue weighted by molar-refractivity contribution is 0.795. The molecule has 0 aliphatic carbocycles. The van der Waals surface area contributed by atoms with Crippen LogP contribution in [0.25, 0.3) is 0 Å². The van der Waals surface area contributed by atoms with E-state index in [1.807, 2.05) is 6.07 Å². The van der Waals surface area contributed by atoms with Gasteiger partial charge in [0.15, 0.2) is 0 Å². The van der Waals surface area contributed by atoms with Gasteiger partial charge in [-0.3, -0.25) is 0 Å². The molecule has 1 aromatic carbocycles. The zero-order valence-electron chi connectivity index (χ0n) is 13.3. The van der Waals surface area contributed by atoms with Gasteiger partial charge in [0.05, 0.1) is 0 Å². The van der Waals surface area contributed by atoms with E-state index in [9.17, 15) is 0 Å². The Morgan fingerprint density at radius 3 is 2.59 bits per heavy atom. The van der Waals surface area contributed by atoms with E-state index in [0.717, 1.165) is 36.8 Å². The summed E-state index contributed by atoms with van der Waals surface area (Å²) in [5.41, 5.74) is 2.47. The first-order valence-electron chi connectivity index (χ1n) is 8.28. The van der Waals surface area contributed by atoms with Crippen molar-refractivity contribution in [2.75, 3.05) is 23.3 Å². The van der Waals surface area contributed by atoms with Gasteiger partial charge in [0, 0.05) is 24.8 Å². The van der Waals surface area contributed by atoms with E-state index in [-0.39, 0.29) is 0 Å². The lowest BCUT2D eigenvalue weighted by Crippen LogP contribution is -2.19. The second kappa shape index (κ2) is 7.25. The number of rotatable bonds is 6. The molecular formula is C18H24N4. The quantitative estimate of drug-likeness (QED) is 0.869. The Morgan fingerprint density at radius 1 is 1.09 bits per heavy atom. The Kier molecular flexibility index (Phi) is 4.88. The third-order valence-corrected chi connectivity index (χ3v) is 4.13. The van der Waals surface area contributed by atoms with Crippen molar-refractivity contribution < 1.29 is 0 Å². The van der Waals surface area contributed by atoms with Gasteiger partial charge in [-0.15, -0.1) is 0 Å². The molecular weight excluding hydrogens is 272 g/mol. The first-order valence-corrected chi connectivity index (χ1v) is 8.28. The smallest absolute Gasteiger partial charge is 0.135 e. The summed E-state index contributed by atoms with van der Waals surface area (Å²) in [6.07, 6.45) is 7.80. The first kappa shape index (κ1) is 14.8. The van der Waals surface area contributed by atoms with Gasteiger partial charge in [0.2, 0.25) is 0 Å². The van der Waals surface area contributed by atoms with Crippen LogP contribution in [-0.2, 0) is 6.42 Å². The number of hydrogen-bond acceptors (Lipinski definition) is 4. The van der Waals surface area contributed by atoms with Crippen LogP contribution < -0.4 is 10.2 Å². The van der Waals surface area contributed by atoms with Crippen LogP contribution in [0.1, 0.15) is 38.2 Å². The van der Waals surface area contributed by atoms with Crippen molar-refractivity contribution >= 4 is 17.3 Å². The molecule has 1 aromatic heterocycles. The minimum absolute atomic E-state index is 0.859. The Morgan fingerprint density at radius 2 is 1.86 bits per heavy atom. The topological polar surface area (TPSA) is 41.0 Å². The Bertz CT molecular complexity index is 588. The molecule has 116 valence electrons. The summed E-state index contributed by atoms with van der Waals surface area (Å²) in [5, 5.41) is 3.37. The van der Waals surface area contributed by atoms with Crippen molar-refractivity contribution in [3.63, 3.8) is 0 Å². The molecule has 1 saturated heterocycles. The highest BCUT2D eigenvalue weighted by molar-refractivity contribution is 5.59. The van der Waals surface area contributed by atoms with E-state index < -0.39 is 0 Å². The molecule has 22 heavy (non-hydrogen) atoms. The van der Waals surface area contributed by atoms with Crippen molar-refractivity contribution in [1.82, 2.24) is 9.97 Å². The highest BCUT2D eigenvalue weighted by atomic mass is 15.2. The highest BCUT2D eigenvalue weighted by Gasteiger charge is 2.13. The lowest BCUT2D eigenvalue weighted by atomic mass is 10.1. The van der Waals surface area contributed by atoms with Crippen LogP contribution in [-0.4, -0.2) is 23.1 Å². The molecule has 0 unspecified atom stereocenters. The van der Waals surface area contributed by atoms with E-state index >= 15 is 0 Å². The monoisotopic (exact) mass is 296 g/mol. The molecule has 4 heteroatoms. The lowest BCUT2D eigenvalue weighted by Gasteiger charge is -2.16. The molecule has 0 spiro atoms. The molecule has 2 heterocycles. The first-order chi connectivity index (χ1) is 10.8. The number of hydrogen-bond donors (Lipinski definition) is 1. The molecule has 4 nitrogen and oxygen atoms in total. The maximum Gasteiger partial charge on any atom is 0.135 e. The number of unbranched alkanes of at least 4 members (excludes halogenated alkanes) is 1. The van der Waals surface area contributed by atoms with Crippen LogP contribution in [0.3, 0.4) is 0 Å². The summed E-state index contributed by atoms with van der Waals surface area (Å²) >= 11 is 0. The van der Waals surface area contributed by atoms with Gasteiger partial charge in [-0.05, 0) is 43.4 Å². The number of aryl methyl sites for hydroxylation is 1. The molecule has 0 saturated carbocycles. The summed E-state index contributed by atoms with van der Waals surface area (Å²) in [6, 6.07) is 10.7. The van der Waals surface area contributed by atoms with Crippen LogP contribution in [0, 0.1) is 0 Å². The molecule has 0 atom stereocenters. The SMILES string of the molecule is CCCCc1ccc(Nc2cc(N3CCCC3)ncn2)cc1. The maximum atomic E-state index is 4.39. The fourth-order valence-electron chi connectivity index (χ4n) is 2.82. The van der Waals surface area contributed by atoms with Crippen molar-refractivity contribution in [2.24, 2.45) is 0 Å². The average molecular weight is 296 g/mol. The van der Waals surface area contributed by atoms with Crippen molar-refractivity contribution in [2.45, 2.75) is 39.0 Å². The Balaban J connectivity index is 1.66. The van der Waals surface area contributed by atoms with Gasteiger partial charge >= 0.3 is 0 Å². The van der Waals surface area contributed by atoms with Crippen LogP contribution in [0.4, 0.5) is 17.3 Å². The fourth-order valence-corrected chi connectivity index (χ4v) is 2.82. The molecule has 0 radical (unpaired) electrons. The fraction of sp³-hybridized carbons (Fsp3) is 0.444. The second-order valence-corrected chi connectivity index (χ2v) is 5.88. The standard InChI is InChI=1S/C18H24N4/c1-2-3-6-15-7-9-16(10-8-15)21-17-13-18(20-14-19-17)22-11-4-5-12-22/h7-10,13-14H,2-6,11-12H2,1H3,(H,19,20,21). The van der Waals surface area contributed by atoms with Gasteiger partial charge in [-0.1, -0.05) is 25.5 Å². The minimum atomic E-state index is 0.859. The summed E-state index contributed by atoms with van der Waals surface area (Å²) in [4.78, 5) is 11.0. The third kappa shape index (κ3) is 3.75. The van der Waals surface area contributed by atoms with Crippen LogP contribution in [0.2, 0.25) is 0 Å². The van der Waals surface area contributed by atoms with Crippen LogP contribution in [0.15, 0.2) is 36.7 Å². The van der Waals surface area contributed by atoms with Crippen LogP contribution >= 0.6 is 0 Å². The maximum absolute atomic E-state index is 4.39. The molecule has 1 aliphatic heterocycles. The van der Waals surface area contributed by atoms with E-state index in [2.05, 4.69) is 51.4 Å². The van der Waals surface area contributed by atoms with Gasteiger partial charge in [-0.25, -0.2) is 9.97 Å². The van der Waals surface area contributed by atoms with E-state index in [4.69, 9.17) is 0 Å². The normalized spacial score (nSPS) is 14.3. The zero-order chi connectivity index (χ0) is 15.2. The van der Waals surface area contributed by atoms with Gasteiger partial charge < -0.3 is 10.2 Å². The molecule has 0 amide bonds. The zero-order valence-corrected chi connectivity index (χ0v) is 13.3. The van der Waals surface area contributed by atoms with Crippen molar-refractivity contribution in [1.29, 1.82) is 0 Å². The number of nitrogens with one attached hydrogen (secondary N) is 1. The van der Waals surface area contributed by atoms with Gasteiger partial charge in [-0.2, -0.15) is 0 Å². The number of nitrogens with zero attached hydrogens (tertiary/aromatic N) is 3. The molecule has 0 bridgehead atoms. The van der Waals surface area contributed by atoms with Gasteiger partial charge in [0.25, 0.3) is 0 Å². The third-order valence-electron chi connectivity index (χ3n) is 4.13. The highest BCUT2D eigenvalue weighted by Crippen LogP contribution is 2.22. The molecule has 1 fully saturated rings. The van der Waals surface area contributed by atoms with Crippen molar-refractivity contribution in [3.05, 3.63) is 42.2 Å². The average Bonchev–Trinajstić information content (AvgIpc) is 3.09. The van der Waals surface area contributed by atoms with Crippen molar-refractivity contribution in [3.8, 4) is 0 Å². The largest absolute Gasteiger partial charge is 0.356 e. The summed E-state index contributed by atoms with van der Waals surface area (Å²) < 4.78 is 0. The molecule has 1 aliphatic rings. The molecule has 1 N–H and O–H groups in total. The number of aromatic nitrogens is 2. The van der Waals surface area contributed by atoms with E-state index in [0.29, 0.717) is 0 Å². The molecule has 3 rings (SSSR count). The predicted octanol–water partition coefficient (Wildman–Crippen LogP) is 4.16. The van der Waals surface area contributed by atoms with E-state index in [1.54, 1.807) is 6.33 Å². The number of benzene rings is 1. The Labute approximate surface area is 132 Å². The summed E-state index contributed by atoms with van der Waals surface area (Å²) in [7, 11) is 0. The molecule has 2 aromatic rings. The van der Waals surface area contributed by atoms with Gasteiger partial charge in [0.1, 0.15) is 18.0 Å². The van der Waals surface area contributed by atoms with Crippen LogP contribution in [0.5, 0.6) is 0 Å². The summed E-state index contributed by atoms with van der Waals surface area (Å²) in [5.74, 6) is 1.88.